The number of aliphatic hydroxyl groups is 1. The second kappa shape index (κ2) is 9.60. The second-order valence-corrected chi connectivity index (χ2v) is 11.5. The third kappa shape index (κ3) is 4.87. The van der Waals surface area contributed by atoms with Crippen molar-refractivity contribution in [1.29, 1.82) is 0 Å². The highest BCUT2D eigenvalue weighted by Crippen LogP contribution is 2.59. The molecule has 0 bridgehead atoms. The standard InChI is InChI=1S/C29H46O/c1-19(2)21(4)10-11-22(5)26-14-15-27-24(9-8-16-29(26,27)7)12-13-25-17-20(3)18-28(30)23(25)6/h10-13,19-22,26-28,30H,6,8-9,14-18H2,1-5,7H3/b11-10+,24-12+,25-13+/t20-,21+,22-,26?,27+,28+,29-/m1/s1. The molecule has 1 heteroatoms. The molecule has 168 valence electrons. The van der Waals surface area contributed by atoms with Crippen molar-refractivity contribution >= 4 is 0 Å². The summed E-state index contributed by atoms with van der Waals surface area (Å²) in [5.41, 5.74) is 4.32. The molecule has 0 aromatic rings. The van der Waals surface area contributed by atoms with Crippen LogP contribution in [0.5, 0.6) is 0 Å². The molecule has 0 amide bonds. The summed E-state index contributed by atoms with van der Waals surface area (Å²) < 4.78 is 0. The molecule has 0 aliphatic heterocycles. The molecule has 0 radical (unpaired) electrons. The molecule has 3 rings (SSSR count). The lowest BCUT2D eigenvalue weighted by Gasteiger charge is -2.44. The smallest absolute Gasteiger partial charge is 0.0789 e. The van der Waals surface area contributed by atoms with Crippen LogP contribution in [0.4, 0.5) is 0 Å². The summed E-state index contributed by atoms with van der Waals surface area (Å²) in [6.07, 6.45) is 17.9. The van der Waals surface area contributed by atoms with Gasteiger partial charge in [-0.3, -0.25) is 0 Å². The molecule has 30 heavy (non-hydrogen) atoms. The van der Waals surface area contributed by atoms with E-state index in [1.807, 2.05) is 0 Å². The fraction of sp³-hybridized carbons (Fsp3) is 0.724. The van der Waals surface area contributed by atoms with Crippen LogP contribution in [-0.4, -0.2) is 11.2 Å². The Morgan fingerprint density at radius 1 is 1.10 bits per heavy atom. The van der Waals surface area contributed by atoms with Crippen LogP contribution >= 0.6 is 0 Å². The summed E-state index contributed by atoms with van der Waals surface area (Å²) in [5.74, 6) is 4.10. The quantitative estimate of drug-likeness (QED) is 0.457. The van der Waals surface area contributed by atoms with E-state index < -0.39 is 0 Å². The van der Waals surface area contributed by atoms with Crippen LogP contribution in [0.15, 0.2) is 47.6 Å². The highest BCUT2D eigenvalue weighted by molar-refractivity contribution is 5.38. The van der Waals surface area contributed by atoms with E-state index in [2.05, 4.69) is 72.4 Å². The molecular formula is C29H46O. The van der Waals surface area contributed by atoms with Gasteiger partial charge in [0.15, 0.2) is 0 Å². The van der Waals surface area contributed by atoms with Crippen LogP contribution in [0.3, 0.4) is 0 Å². The van der Waals surface area contributed by atoms with Crippen molar-refractivity contribution < 1.29 is 5.11 Å². The minimum absolute atomic E-state index is 0.355. The van der Waals surface area contributed by atoms with Crippen LogP contribution in [0.2, 0.25) is 0 Å². The van der Waals surface area contributed by atoms with E-state index in [0.717, 1.165) is 30.3 Å². The Bertz CT molecular complexity index is 708. The Morgan fingerprint density at radius 3 is 2.53 bits per heavy atom. The average molecular weight is 411 g/mol. The van der Waals surface area contributed by atoms with Gasteiger partial charge in [0.25, 0.3) is 0 Å². The summed E-state index contributed by atoms with van der Waals surface area (Å²) in [4.78, 5) is 0. The van der Waals surface area contributed by atoms with Crippen molar-refractivity contribution in [2.24, 2.45) is 40.9 Å². The van der Waals surface area contributed by atoms with Gasteiger partial charge in [0.2, 0.25) is 0 Å². The molecule has 0 aromatic heterocycles. The molecule has 0 aromatic carbocycles. The first kappa shape index (κ1) is 23.6. The lowest BCUT2D eigenvalue weighted by atomic mass is 9.61. The van der Waals surface area contributed by atoms with E-state index in [1.165, 1.54) is 37.7 Å². The van der Waals surface area contributed by atoms with Gasteiger partial charge >= 0.3 is 0 Å². The van der Waals surface area contributed by atoms with E-state index in [4.69, 9.17) is 0 Å². The molecule has 1 N–H and O–H groups in total. The highest BCUT2D eigenvalue weighted by atomic mass is 16.3. The summed E-state index contributed by atoms with van der Waals surface area (Å²) in [7, 11) is 0. The zero-order valence-corrected chi connectivity index (χ0v) is 20.5. The molecule has 7 atom stereocenters. The zero-order chi connectivity index (χ0) is 22.1. The predicted octanol–water partition coefficient (Wildman–Crippen LogP) is 7.89. The maximum absolute atomic E-state index is 10.3. The second-order valence-electron chi connectivity index (χ2n) is 11.5. The van der Waals surface area contributed by atoms with Crippen LogP contribution in [0, 0.1) is 40.9 Å². The fourth-order valence-corrected chi connectivity index (χ4v) is 6.56. The van der Waals surface area contributed by atoms with Crippen molar-refractivity contribution in [3.63, 3.8) is 0 Å². The third-order valence-electron chi connectivity index (χ3n) is 8.95. The maximum atomic E-state index is 10.3. The molecule has 1 nitrogen and oxygen atoms in total. The average Bonchev–Trinajstić information content (AvgIpc) is 3.04. The Morgan fingerprint density at radius 2 is 1.83 bits per heavy atom. The predicted molar refractivity (Wildman–Crippen MR) is 130 cm³/mol. The minimum Gasteiger partial charge on any atom is -0.388 e. The van der Waals surface area contributed by atoms with E-state index in [-0.39, 0.29) is 6.10 Å². The van der Waals surface area contributed by atoms with Gasteiger partial charge in [-0.25, -0.2) is 0 Å². The Kier molecular flexibility index (Phi) is 7.54. The molecule has 0 saturated heterocycles. The molecule has 3 aliphatic carbocycles. The number of hydrogen-bond acceptors (Lipinski definition) is 1. The highest BCUT2D eigenvalue weighted by Gasteiger charge is 2.50. The monoisotopic (exact) mass is 410 g/mol. The summed E-state index contributed by atoms with van der Waals surface area (Å²) in [6, 6.07) is 0. The van der Waals surface area contributed by atoms with Crippen LogP contribution < -0.4 is 0 Å². The van der Waals surface area contributed by atoms with Crippen molar-refractivity contribution in [2.75, 3.05) is 0 Å². The number of rotatable bonds is 5. The van der Waals surface area contributed by atoms with Crippen molar-refractivity contribution in [3.05, 3.63) is 47.6 Å². The largest absolute Gasteiger partial charge is 0.388 e. The normalized spacial score (nSPS) is 39.8. The van der Waals surface area contributed by atoms with Gasteiger partial charge < -0.3 is 5.11 Å². The number of allylic oxidation sites excluding steroid dienone is 5. The maximum Gasteiger partial charge on any atom is 0.0789 e. The molecule has 0 spiro atoms. The number of aliphatic hydroxyl groups excluding tert-OH is 1. The van der Waals surface area contributed by atoms with Gasteiger partial charge in [0.05, 0.1) is 6.10 Å². The minimum atomic E-state index is -0.355. The Labute approximate surface area is 186 Å². The molecule has 3 fully saturated rings. The molecular weight excluding hydrogens is 364 g/mol. The van der Waals surface area contributed by atoms with Crippen LogP contribution in [0.1, 0.15) is 86.5 Å². The first-order chi connectivity index (χ1) is 14.1. The summed E-state index contributed by atoms with van der Waals surface area (Å²) in [6.45, 7) is 18.4. The van der Waals surface area contributed by atoms with Crippen LogP contribution in [0.25, 0.3) is 0 Å². The molecule has 1 unspecified atom stereocenters. The fourth-order valence-electron chi connectivity index (χ4n) is 6.56. The zero-order valence-electron chi connectivity index (χ0n) is 20.5. The number of hydrogen-bond donors (Lipinski definition) is 1. The van der Waals surface area contributed by atoms with Crippen molar-refractivity contribution in [1.82, 2.24) is 0 Å². The first-order valence-corrected chi connectivity index (χ1v) is 12.6. The van der Waals surface area contributed by atoms with E-state index in [1.54, 1.807) is 5.57 Å². The van der Waals surface area contributed by atoms with E-state index >= 15 is 0 Å². The number of fused-ring (bicyclic) bond motifs is 1. The third-order valence-corrected chi connectivity index (χ3v) is 8.95. The van der Waals surface area contributed by atoms with Gasteiger partial charge in [0.1, 0.15) is 0 Å². The lowest BCUT2D eigenvalue weighted by Crippen LogP contribution is -2.35. The first-order valence-electron chi connectivity index (χ1n) is 12.6. The van der Waals surface area contributed by atoms with Gasteiger partial charge in [0, 0.05) is 0 Å². The van der Waals surface area contributed by atoms with Gasteiger partial charge in [-0.15, -0.1) is 0 Å². The lowest BCUT2D eigenvalue weighted by molar-refractivity contribution is 0.112. The Balaban J connectivity index is 1.76. The van der Waals surface area contributed by atoms with Crippen LogP contribution in [-0.2, 0) is 0 Å². The summed E-state index contributed by atoms with van der Waals surface area (Å²) >= 11 is 0. The van der Waals surface area contributed by atoms with Gasteiger partial charge in [-0.05, 0) is 97.0 Å². The topological polar surface area (TPSA) is 20.2 Å². The molecule has 3 aliphatic rings. The summed E-state index contributed by atoms with van der Waals surface area (Å²) in [5, 5.41) is 10.3. The Hall–Kier alpha value is -1.08. The molecule has 0 heterocycles. The molecule has 3 saturated carbocycles. The van der Waals surface area contributed by atoms with Gasteiger partial charge in [-0.1, -0.05) is 78.0 Å². The SMILES string of the molecule is C=C1/C(=C/C=C2\CCC[C@]3(C)C([C@H](C)/C=C/[C@H](C)C(C)C)CC[C@@H]23)C[C@@H](C)C[C@@H]1O. The van der Waals surface area contributed by atoms with E-state index in [0.29, 0.717) is 29.1 Å². The van der Waals surface area contributed by atoms with E-state index in [9.17, 15) is 5.11 Å². The van der Waals surface area contributed by atoms with Crippen molar-refractivity contribution in [3.8, 4) is 0 Å². The van der Waals surface area contributed by atoms with Crippen molar-refractivity contribution in [2.45, 2.75) is 92.6 Å². The van der Waals surface area contributed by atoms with Gasteiger partial charge in [-0.2, -0.15) is 0 Å².